The number of hydrogen-bond donors (Lipinski definition) is 0. The van der Waals surface area contributed by atoms with Gasteiger partial charge in [-0.05, 0) is 35.8 Å². The quantitative estimate of drug-likeness (QED) is 0.784. The van der Waals surface area contributed by atoms with Gasteiger partial charge in [-0.2, -0.15) is 0 Å². The van der Waals surface area contributed by atoms with Crippen molar-refractivity contribution in [3.8, 4) is 0 Å². The standard InChI is InChI=1S/C23H24N2O2S/c1-17-6-10-19(11-7-17)23(2,3)20-12-8-18(9-13-20)21-5-4-14-25-15-16-28(26,27)24-22(21)25/h4-14H,15-16H2,1-3H3. The number of aryl methyl sites for hydroxylation is 1. The van der Waals surface area contributed by atoms with Crippen LogP contribution in [0.5, 0.6) is 0 Å². The van der Waals surface area contributed by atoms with Crippen LogP contribution in [0.4, 0.5) is 0 Å². The third kappa shape index (κ3) is 3.42. The Morgan fingerprint density at radius 3 is 2.21 bits per heavy atom. The molecule has 5 heteroatoms. The van der Waals surface area contributed by atoms with Crippen molar-refractivity contribution in [3.05, 3.63) is 89.1 Å². The summed E-state index contributed by atoms with van der Waals surface area (Å²) in [5.41, 5.74) is 5.41. The zero-order valence-electron chi connectivity index (χ0n) is 16.4. The van der Waals surface area contributed by atoms with Gasteiger partial charge >= 0.3 is 0 Å². The molecule has 0 unspecified atom stereocenters. The molecule has 0 N–H and O–H groups in total. The van der Waals surface area contributed by atoms with Gasteiger partial charge in [0, 0.05) is 23.7 Å². The second-order valence-electron chi connectivity index (χ2n) is 7.88. The Balaban J connectivity index is 1.68. The Hall–Kier alpha value is -2.66. The maximum absolute atomic E-state index is 12.0. The first kappa shape index (κ1) is 18.7. The van der Waals surface area contributed by atoms with Gasteiger partial charge in [0.05, 0.1) is 5.75 Å². The number of sulfonamides is 1. The SMILES string of the molecule is Cc1ccc(C(C)(C)c2ccc(C3=CC=CN4CCS(=O)(=O)N=C34)cc2)cc1. The van der Waals surface area contributed by atoms with Crippen molar-refractivity contribution < 1.29 is 8.42 Å². The van der Waals surface area contributed by atoms with Crippen molar-refractivity contribution in [2.75, 3.05) is 12.3 Å². The number of rotatable bonds is 3. The Morgan fingerprint density at radius 1 is 0.964 bits per heavy atom. The Labute approximate surface area is 167 Å². The number of amidine groups is 1. The molecule has 144 valence electrons. The van der Waals surface area contributed by atoms with Crippen LogP contribution in [0, 0.1) is 6.92 Å². The summed E-state index contributed by atoms with van der Waals surface area (Å²) >= 11 is 0. The maximum Gasteiger partial charge on any atom is 0.256 e. The van der Waals surface area contributed by atoms with E-state index >= 15 is 0 Å². The van der Waals surface area contributed by atoms with E-state index in [9.17, 15) is 8.42 Å². The van der Waals surface area contributed by atoms with E-state index in [2.05, 4.69) is 73.7 Å². The topological polar surface area (TPSA) is 49.7 Å². The molecule has 0 aliphatic carbocycles. The third-order valence-electron chi connectivity index (χ3n) is 5.55. The van der Waals surface area contributed by atoms with Crippen LogP contribution in [0.15, 0.2) is 71.3 Å². The van der Waals surface area contributed by atoms with Crippen LogP contribution in [-0.2, 0) is 15.4 Å². The fourth-order valence-corrected chi connectivity index (χ4v) is 4.63. The summed E-state index contributed by atoms with van der Waals surface area (Å²) in [5.74, 6) is 0.567. The van der Waals surface area contributed by atoms with Crippen LogP contribution in [0.2, 0.25) is 0 Å². The maximum atomic E-state index is 12.0. The van der Waals surface area contributed by atoms with E-state index in [0.717, 1.165) is 11.1 Å². The van der Waals surface area contributed by atoms with Crippen molar-refractivity contribution in [1.82, 2.24) is 4.90 Å². The molecule has 0 aromatic heterocycles. The van der Waals surface area contributed by atoms with Gasteiger partial charge in [-0.25, -0.2) is 8.42 Å². The fraction of sp³-hybridized carbons (Fsp3) is 0.261. The molecule has 2 aliphatic heterocycles. The first-order valence-corrected chi connectivity index (χ1v) is 11.0. The minimum Gasteiger partial charge on any atom is -0.331 e. The monoisotopic (exact) mass is 392 g/mol. The van der Waals surface area contributed by atoms with Crippen molar-refractivity contribution in [2.24, 2.45) is 4.40 Å². The van der Waals surface area contributed by atoms with Crippen LogP contribution in [0.3, 0.4) is 0 Å². The van der Waals surface area contributed by atoms with Gasteiger partial charge in [-0.3, -0.25) is 0 Å². The van der Waals surface area contributed by atoms with Crippen molar-refractivity contribution in [2.45, 2.75) is 26.2 Å². The van der Waals surface area contributed by atoms with Gasteiger partial charge in [-0.1, -0.05) is 67.9 Å². The summed E-state index contributed by atoms with van der Waals surface area (Å²) in [6, 6.07) is 17.0. The van der Waals surface area contributed by atoms with Gasteiger partial charge < -0.3 is 4.90 Å². The number of fused-ring (bicyclic) bond motifs is 1. The molecular formula is C23H24N2O2S. The molecule has 0 saturated heterocycles. The predicted molar refractivity (Wildman–Crippen MR) is 115 cm³/mol. The van der Waals surface area contributed by atoms with Crippen LogP contribution < -0.4 is 0 Å². The lowest BCUT2D eigenvalue weighted by atomic mass is 9.77. The molecule has 0 spiro atoms. The highest BCUT2D eigenvalue weighted by molar-refractivity contribution is 7.90. The first-order valence-electron chi connectivity index (χ1n) is 9.42. The predicted octanol–water partition coefficient (Wildman–Crippen LogP) is 4.28. The molecule has 2 aromatic rings. The van der Waals surface area contributed by atoms with Crippen molar-refractivity contribution >= 4 is 21.4 Å². The van der Waals surface area contributed by atoms with Crippen LogP contribution in [0.1, 0.15) is 36.1 Å². The smallest absolute Gasteiger partial charge is 0.256 e. The van der Waals surface area contributed by atoms with E-state index in [0.29, 0.717) is 12.4 Å². The minimum atomic E-state index is -3.39. The van der Waals surface area contributed by atoms with Crippen molar-refractivity contribution in [1.29, 1.82) is 0 Å². The van der Waals surface area contributed by atoms with E-state index in [4.69, 9.17) is 0 Å². The minimum absolute atomic E-state index is 0.0534. The summed E-state index contributed by atoms with van der Waals surface area (Å²) in [4.78, 5) is 1.90. The molecule has 4 rings (SSSR count). The average Bonchev–Trinajstić information content (AvgIpc) is 2.67. The number of allylic oxidation sites excluding steroid dienone is 2. The summed E-state index contributed by atoms with van der Waals surface area (Å²) in [6.45, 7) is 6.96. The van der Waals surface area contributed by atoms with Crippen LogP contribution >= 0.6 is 0 Å². The Kier molecular flexibility index (Phi) is 4.50. The summed E-state index contributed by atoms with van der Waals surface area (Å²) in [7, 11) is -3.39. The van der Waals surface area contributed by atoms with E-state index < -0.39 is 10.0 Å². The van der Waals surface area contributed by atoms with Gasteiger partial charge in [-0.15, -0.1) is 4.40 Å². The van der Waals surface area contributed by atoms with Crippen LogP contribution in [-0.4, -0.2) is 31.5 Å². The van der Waals surface area contributed by atoms with Crippen molar-refractivity contribution in [3.63, 3.8) is 0 Å². The van der Waals surface area contributed by atoms with E-state index in [1.165, 1.54) is 16.7 Å². The van der Waals surface area contributed by atoms with Crippen LogP contribution in [0.25, 0.3) is 5.57 Å². The average molecular weight is 393 g/mol. The highest BCUT2D eigenvalue weighted by Crippen LogP contribution is 2.33. The molecule has 0 amide bonds. The highest BCUT2D eigenvalue weighted by Gasteiger charge is 2.28. The molecule has 0 atom stereocenters. The van der Waals surface area contributed by atoms with E-state index in [1.54, 1.807) is 0 Å². The lowest BCUT2D eigenvalue weighted by Gasteiger charge is -2.30. The summed E-state index contributed by atoms with van der Waals surface area (Å²) in [5, 5.41) is 0. The van der Waals surface area contributed by atoms with Gasteiger partial charge in [0.15, 0.2) is 5.84 Å². The third-order valence-corrected chi connectivity index (χ3v) is 6.70. The van der Waals surface area contributed by atoms with Gasteiger partial charge in [0.25, 0.3) is 10.0 Å². The Bertz CT molecular complexity index is 1090. The molecule has 0 radical (unpaired) electrons. The molecule has 2 heterocycles. The lowest BCUT2D eigenvalue weighted by Crippen LogP contribution is -2.37. The fourth-order valence-electron chi connectivity index (χ4n) is 3.64. The molecule has 28 heavy (non-hydrogen) atoms. The largest absolute Gasteiger partial charge is 0.331 e. The van der Waals surface area contributed by atoms with E-state index in [-0.39, 0.29) is 11.2 Å². The molecule has 4 nitrogen and oxygen atoms in total. The highest BCUT2D eigenvalue weighted by atomic mass is 32.2. The normalized spacial score (nSPS) is 18.3. The molecular weight excluding hydrogens is 368 g/mol. The second kappa shape index (κ2) is 6.74. The molecule has 0 fully saturated rings. The zero-order chi connectivity index (χ0) is 19.9. The molecule has 0 saturated carbocycles. The molecule has 0 bridgehead atoms. The number of nitrogens with zero attached hydrogens (tertiary/aromatic N) is 2. The van der Waals surface area contributed by atoms with Gasteiger partial charge in [0.1, 0.15) is 0 Å². The van der Waals surface area contributed by atoms with E-state index in [1.807, 2.05) is 23.3 Å². The first-order chi connectivity index (χ1) is 13.3. The molecule has 2 aromatic carbocycles. The summed E-state index contributed by atoms with van der Waals surface area (Å²) < 4.78 is 28.0. The lowest BCUT2D eigenvalue weighted by molar-refractivity contribution is 0.550. The van der Waals surface area contributed by atoms with Gasteiger partial charge in [0.2, 0.25) is 0 Å². The number of hydrogen-bond acceptors (Lipinski definition) is 3. The Morgan fingerprint density at radius 2 is 1.57 bits per heavy atom. The zero-order valence-corrected chi connectivity index (χ0v) is 17.2. The summed E-state index contributed by atoms with van der Waals surface area (Å²) in [6.07, 6.45) is 5.75. The second-order valence-corrected chi connectivity index (χ2v) is 9.64. The molecule has 2 aliphatic rings. The number of benzene rings is 2.